The quantitative estimate of drug-likeness (QED) is 0.631. The first kappa shape index (κ1) is 17.9. The van der Waals surface area contributed by atoms with Gasteiger partial charge in [-0.1, -0.05) is 48.0 Å². The van der Waals surface area contributed by atoms with Crippen molar-refractivity contribution in [1.82, 2.24) is 15.4 Å². The van der Waals surface area contributed by atoms with Crippen molar-refractivity contribution < 1.29 is 9.32 Å². The summed E-state index contributed by atoms with van der Waals surface area (Å²) in [5.74, 6) is 0.766. The molecule has 0 saturated heterocycles. The monoisotopic (exact) mass is 303 g/mol. The minimum Gasteiger partial charge on any atom is -0.361 e. The molecule has 0 atom stereocenters. The number of nitrogens with zero attached hydrogens (tertiary/aromatic N) is 2. The van der Waals surface area contributed by atoms with E-state index in [0.29, 0.717) is 13.1 Å². The van der Waals surface area contributed by atoms with Crippen LogP contribution in [0.25, 0.3) is 0 Å². The first-order chi connectivity index (χ1) is 10.7. The normalized spacial score (nSPS) is 9.77. The van der Waals surface area contributed by atoms with E-state index in [4.69, 9.17) is 4.52 Å². The van der Waals surface area contributed by atoms with Gasteiger partial charge >= 0.3 is 0 Å². The largest absolute Gasteiger partial charge is 0.361 e. The molecule has 0 spiro atoms. The van der Waals surface area contributed by atoms with Crippen molar-refractivity contribution in [2.75, 3.05) is 19.6 Å². The molecule has 1 heterocycles. The number of carbonyl (C=O) groups excluding carboxylic acids is 1. The number of nitrogens with one attached hydrogen (secondary N) is 1. The summed E-state index contributed by atoms with van der Waals surface area (Å²) < 4.78 is 4.93. The lowest BCUT2D eigenvalue weighted by Gasteiger charge is -2.15. The van der Waals surface area contributed by atoms with Gasteiger partial charge in [0.2, 0.25) is 6.41 Å². The lowest BCUT2D eigenvalue weighted by molar-refractivity contribution is -0.118. The predicted molar refractivity (Wildman–Crippen MR) is 87.4 cm³/mol. The van der Waals surface area contributed by atoms with Crippen LogP contribution in [0.5, 0.6) is 0 Å². The summed E-state index contributed by atoms with van der Waals surface area (Å²) in [5.41, 5.74) is 2.11. The topological polar surface area (TPSA) is 58.4 Å². The number of rotatable bonds is 7. The first-order valence-corrected chi connectivity index (χ1v) is 7.49. The Morgan fingerprint density at radius 3 is 2.45 bits per heavy atom. The van der Waals surface area contributed by atoms with Gasteiger partial charge in [0.05, 0.1) is 6.54 Å². The molecule has 0 aliphatic rings. The van der Waals surface area contributed by atoms with Gasteiger partial charge < -0.3 is 14.7 Å². The Morgan fingerprint density at radius 1 is 1.27 bits per heavy atom. The molecule has 0 bridgehead atoms. The fourth-order valence-electron chi connectivity index (χ4n) is 1.80. The third-order valence-electron chi connectivity index (χ3n) is 2.96. The van der Waals surface area contributed by atoms with Crippen LogP contribution in [0.4, 0.5) is 0 Å². The van der Waals surface area contributed by atoms with Gasteiger partial charge in [0.25, 0.3) is 0 Å². The average molecular weight is 303 g/mol. The molecular weight excluding hydrogens is 278 g/mol. The molecule has 2 aromatic rings. The third-order valence-corrected chi connectivity index (χ3v) is 2.96. The van der Waals surface area contributed by atoms with Crippen LogP contribution in [-0.4, -0.2) is 36.1 Å². The first-order valence-electron chi connectivity index (χ1n) is 7.49. The predicted octanol–water partition coefficient (Wildman–Crippen LogP) is 2.55. The van der Waals surface area contributed by atoms with E-state index in [9.17, 15) is 4.79 Å². The van der Waals surface area contributed by atoms with E-state index in [-0.39, 0.29) is 0 Å². The zero-order chi connectivity index (χ0) is 16.2. The third kappa shape index (κ3) is 7.59. The molecule has 0 aliphatic carbocycles. The molecule has 0 unspecified atom stereocenters. The van der Waals surface area contributed by atoms with Crippen molar-refractivity contribution >= 4 is 6.41 Å². The summed E-state index contributed by atoms with van der Waals surface area (Å²) in [6, 6.07) is 12.1. The molecule has 5 heteroatoms. The van der Waals surface area contributed by atoms with Crippen LogP contribution in [0.1, 0.15) is 23.9 Å². The second-order valence-corrected chi connectivity index (χ2v) is 5.01. The van der Waals surface area contributed by atoms with Crippen LogP contribution >= 0.6 is 0 Å². The van der Waals surface area contributed by atoms with Crippen molar-refractivity contribution in [3.63, 3.8) is 0 Å². The molecule has 22 heavy (non-hydrogen) atoms. The van der Waals surface area contributed by atoms with Crippen LogP contribution in [-0.2, 0) is 11.3 Å². The molecule has 1 aromatic heterocycles. The van der Waals surface area contributed by atoms with Gasteiger partial charge in [0.1, 0.15) is 11.5 Å². The van der Waals surface area contributed by atoms with Gasteiger partial charge in [-0.25, -0.2) is 0 Å². The fraction of sp³-hybridized carbons (Fsp3) is 0.412. The summed E-state index contributed by atoms with van der Waals surface area (Å²) in [4.78, 5) is 12.4. The fourth-order valence-corrected chi connectivity index (χ4v) is 1.80. The molecule has 0 radical (unpaired) electrons. The molecule has 1 amide bonds. The molecule has 120 valence electrons. The average Bonchev–Trinajstić information content (AvgIpc) is 2.93. The van der Waals surface area contributed by atoms with Crippen LogP contribution in [0.2, 0.25) is 0 Å². The lowest BCUT2D eigenvalue weighted by atomic mass is 10.2. The van der Waals surface area contributed by atoms with Crippen LogP contribution in [0, 0.1) is 13.8 Å². The van der Waals surface area contributed by atoms with Gasteiger partial charge in [-0.2, -0.15) is 0 Å². The maximum atomic E-state index is 10.8. The van der Waals surface area contributed by atoms with Crippen LogP contribution in [0.15, 0.2) is 40.9 Å². The number of hydrogen-bond acceptors (Lipinski definition) is 4. The van der Waals surface area contributed by atoms with Crippen LogP contribution in [0.3, 0.4) is 0 Å². The molecule has 0 fully saturated rings. The Bertz CT molecular complexity index is 526. The Balaban J connectivity index is 0.000000287. The van der Waals surface area contributed by atoms with Crippen LogP contribution < -0.4 is 5.32 Å². The van der Waals surface area contributed by atoms with E-state index in [1.165, 1.54) is 5.56 Å². The smallest absolute Gasteiger partial charge is 0.210 e. The lowest BCUT2D eigenvalue weighted by Crippen LogP contribution is -2.30. The summed E-state index contributed by atoms with van der Waals surface area (Å²) >= 11 is 0. The van der Waals surface area contributed by atoms with E-state index < -0.39 is 0 Å². The van der Waals surface area contributed by atoms with Crippen molar-refractivity contribution in [3.8, 4) is 0 Å². The second kappa shape index (κ2) is 10.6. The molecule has 0 saturated carbocycles. The number of aromatic nitrogens is 1. The van der Waals surface area contributed by atoms with Gasteiger partial charge in [-0.05, 0) is 20.4 Å². The molecule has 1 aromatic carbocycles. The van der Waals surface area contributed by atoms with Crippen molar-refractivity contribution in [1.29, 1.82) is 0 Å². The molecule has 5 nitrogen and oxygen atoms in total. The molecule has 1 N–H and O–H groups in total. The summed E-state index contributed by atoms with van der Waals surface area (Å²) in [5, 5.41) is 7.00. The Labute approximate surface area is 132 Å². The van der Waals surface area contributed by atoms with E-state index in [0.717, 1.165) is 31.0 Å². The molecular formula is C17H25N3O2. The minimum absolute atomic E-state index is 0.506. The number of amides is 1. The highest BCUT2D eigenvalue weighted by atomic mass is 16.5. The molecule has 2 rings (SSSR count). The number of aryl methyl sites for hydroxylation is 2. The highest BCUT2D eigenvalue weighted by Gasteiger charge is 2.06. The number of likely N-dealkylation sites (N-methyl/N-ethyl adjacent to an activating group) is 1. The number of hydrogen-bond donors (Lipinski definition) is 1. The van der Waals surface area contributed by atoms with E-state index in [1.54, 1.807) is 4.90 Å². The van der Waals surface area contributed by atoms with Crippen molar-refractivity contribution in [2.24, 2.45) is 0 Å². The zero-order valence-electron chi connectivity index (χ0n) is 13.6. The maximum Gasteiger partial charge on any atom is 0.210 e. The highest BCUT2D eigenvalue weighted by Crippen LogP contribution is 2.03. The Hall–Kier alpha value is -2.14. The van der Waals surface area contributed by atoms with E-state index >= 15 is 0 Å². The Morgan fingerprint density at radius 2 is 2.00 bits per heavy atom. The molecule has 0 aliphatic heterocycles. The van der Waals surface area contributed by atoms with Gasteiger partial charge in [-0.15, -0.1) is 0 Å². The summed E-state index contributed by atoms with van der Waals surface area (Å²) in [6.07, 6.45) is 0.835. The van der Waals surface area contributed by atoms with E-state index in [1.807, 2.05) is 38.1 Å². The summed E-state index contributed by atoms with van der Waals surface area (Å²) in [6.45, 7) is 8.85. The standard InChI is InChI=1S/C10H17N3O2.C7H8/c1-3-11-4-5-13(8-14)7-10-6-9(2)15-12-10;1-7-5-3-2-4-6-7/h6,8,11H,3-5,7H2,1-2H3;2-6H,1H3. The van der Waals surface area contributed by atoms with Crippen molar-refractivity contribution in [2.45, 2.75) is 27.3 Å². The van der Waals surface area contributed by atoms with Gasteiger partial charge in [0, 0.05) is 19.2 Å². The highest BCUT2D eigenvalue weighted by molar-refractivity contribution is 5.47. The van der Waals surface area contributed by atoms with Crippen molar-refractivity contribution in [3.05, 3.63) is 53.4 Å². The summed E-state index contributed by atoms with van der Waals surface area (Å²) in [7, 11) is 0. The minimum atomic E-state index is 0.506. The SMILES string of the molecule is CCNCCN(C=O)Cc1cc(C)on1.Cc1ccccc1. The zero-order valence-corrected chi connectivity index (χ0v) is 13.6. The Kier molecular flexibility index (Phi) is 8.60. The van der Waals surface area contributed by atoms with Gasteiger partial charge in [-0.3, -0.25) is 4.79 Å². The maximum absolute atomic E-state index is 10.8. The number of carbonyl (C=O) groups is 1. The number of benzene rings is 1. The second-order valence-electron chi connectivity index (χ2n) is 5.01. The van der Waals surface area contributed by atoms with Gasteiger partial charge in [0.15, 0.2) is 0 Å². The van der Waals surface area contributed by atoms with E-state index in [2.05, 4.69) is 29.5 Å².